The van der Waals surface area contributed by atoms with Crippen molar-refractivity contribution in [2.24, 2.45) is 11.3 Å². The first kappa shape index (κ1) is 11.8. The lowest BCUT2D eigenvalue weighted by Gasteiger charge is -2.53. The van der Waals surface area contributed by atoms with Crippen LogP contribution < -0.4 is 0 Å². The van der Waals surface area contributed by atoms with Gasteiger partial charge in [0, 0.05) is 6.54 Å². The monoisotopic (exact) mass is 229 g/mol. The van der Waals surface area contributed by atoms with Gasteiger partial charge < -0.3 is 10.0 Å². The number of halogens is 1. The number of hydrogen-bond donors (Lipinski definition) is 1. The minimum atomic E-state index is -1.27. The highest BCUT2D eigenvalue weighted by Gasteiger charge is 2.61. The molecule has 1 saturated carbocycles. The van der Waals surface area contributed by atoms with Crippen LogP contribution in [-0.2, 0) is 4.79 Å². The van der Waals surface area contributed by atoms with Crippen molar-refractivity contribution in [2.45, 2.75) is 38.3 Å². The molecule has 16 heavy (non-hydrogen) atoms. The molecule has 1 N–H and O–H groups in total. The van der Waals surface area contributed by atoms with Crippen molar-refractivity contribution in [1.82, 2.24) is 4.90 Å². The van der Waals surface area contributed by atoms with E-state index >= 15 is 0 Å². The number of carboxylic acid groups (broad SMARTS) is 1. The van der Waals surface area contributed by atoms with E-state index in [0.29, 0.717) is 0 Å². The molecule has 1 atom stereocenters. The molecule has 92 valence electrons. The number of likely N-dealkylation sites (tertiary alicyclic amines) is 1. The molecule has 4 heteroatoms. The lowest BCUT2D eigenvalue weighted by molar-refractivity contribution is -0.179. The summed E-state index contributed by atoms with van der Waals surface area (Å²) in [6, 6.07) is 0. The smallest absolute Gasteiger partial charge is 0.310 e. The Kier molecular flexibility index (Phi) is 2.73. The summed E-state index contributed by atoms with van der Waals surface area (Å²) in [5, 5.41) is 9.37. The first-order chi connectivity index (χ1) is 7.36. The molecule has 0 bridgehead atoms. The Morgan fingerprint density at radius 3 is 2.56 bits per heavy atom. The Labute approximate surface area is 95.6 Å². The van der Waals surface area contributed by atoms with Crippen LogP contribution in [0.25, 0.3) is 0 Å². The molecule has 0 aromatic heterocycles. The van der Waals surface area contributed by atoms with Gasteiger partial charge in [-0.1, -0.05) is 0 Å². The van der Waals surface area contributed by atoms with Gasteiger partial charge in [0.1, 0.15) is 5.67 Å². The molecule has 0 aromatic carbocycles. The Bertz CT molecular complexity index is 295. The van der Waals surface area contributed by atoms with Gasteiger partial charge in [-0.2, -0.15) is 0 Å². The van der Waals surface area contributed by atoms with E-state index in [1.165, 1.54) is 6.92 Å². The summed E-state index contributed by atoms with van der Waals surface area (Å²) < 4.78 is 13.6. The number of aliphatic carboxylic acids is 1. The summed E-state index contributed by atoms with van der Waals surface area (Å²) in [5.74, 6) is -0.685. The number of piperidine rings is 1. The van der Waals surface area contributed by atoms with E-state index in [-0.39, 0.29) is 18.8 Å². The van der Waals surface area contributed by atoms with Crippen LogP contribution >= 0.6 is 0 Å². The van der Waals surface area contributed by atoms with Gasteiger partial charge >= 0.3 is 5.97 Å². The third kappa shape index (κ3) is 1.83. The summed E-state index contributed by atoms with van der Waals surface area (Å²) >= 11 is 0. The number of alkyl halides is 1. The summed E-state index contributed by atoms with van der Waals surface area (Å²) in [7, 11) is 2.01. The standard InChI is InChI=1S/C12H20FNO2/c1-11(13)7-12(8-11,10(15)16)9-4-3-5-14(2)6-9/h9H,3-8H2,1-2H3,(H,15,16). The zero-order valence-corrected chi connectivity index (χ0v) is 10.0. The van der Waals surface area contributed by atoms with Gasteiger partial charge in [-0.25, -0.2) is 4.39 Å². The van der Waals surface area contributed by atoms with Crippen molar-refractivity contribution in [1.29, 1.82) is 0 Å². The first-order valence-electron chi connectivity index (χ1n) is 5.97. The van der Waals surface area contributed by atoms with Crippen LogP contribution in [0.1, 0.15) is 32.6 Å². The van der Waals surface area contributed by atoms with Crippen molar-refractivity contribution < 1.29 is 14.3 Å². The maximum Gasteiger partial charge on any atom is 0.310 e. The van der Waals surface area contributed by atoms with Crippen LogP contribution in [0.5, 0.6) is 0 Å². The molecular formula is C12H20FNO2. The fourth-order valence-corrected chi connectivity index (χ4v) is 3.50. The van der Waals surface area contributed by atoms with Crippen LogP contribution in [-0.4, -0.2) is 41.8 Å². The highest BCUT2D eigenvalue weighted by molar-refractivity contribution is 5.77. The molecule has 0 amide bonds. The molecule has 1 saturated heterocycles. The van der Waals surface area contributed by atoms with Crippen molar-refractivity contribution in [3.63, 3.8) is 0 Å². The van der Waals surface area contributed by atoms with E-state index in [4.69, 9.17) is 0 Å². The maximum absolute atomic E-state index is 13.6. The Morgan fingerprint density at radius 1 is 1.50 bits per heavy atom. The highest BCUT2D eigenvalue weighted by Crippen LogP contribution is 2.57. The second kappa shape index (κ2) is 3.69. The molecular weight excluding hydrogens is 209 g/mol. The molecule has 3 nitrogen and oxygen atoms in total. The average Bonchev–Trinajstić information content (AvgIpc) is 2.13. The van der Waals surface area contributed by atoms with Gasteiger partial charge in [0.05, 0.1) is 5.41 Å². The number of nitrogens with zero attached hydrogens (tertiary/aromatic N) is 1. The molecule has 2 aliphatic rings. The molecule has 1 unspecified atom stereocenters. The summed E-state index contributed by atoms with van der Waals surface area (Å²) in [6.45, 7) is 3.34. The van der Waals surface area contributed by atoms with Crippen LogP contribution in [0.4, 0.5) is 4.39 Å². The topological polar surface area (TPSA) is 40.5 Å². The molecule has 0 aromatic rings. The van der Waals surface area contributed by atoms with Gasteiger partial charge in [0.25, 0.3) is 0 Å². The number of rotatable bonds is 2. The van der Waals surface area contributed by atoms with Crippen molar-refractivity contribution in [2.75, 3.05) is 20.1 Å². The summed E-state index contributed by atoms with van der Waals surface area (Å²) in [5.41, 5.74) is -2.06. The predicted molar refractivity (Wildman–Crippen MR) is 59.0 cm³/mol. The van der Waals surface area contributed by atoms with Crippen LogP contribution in [0.15, 0.2) is 0 Å². The van der Waals surface area contributed by atoms with Gasteiger partial charge in [-0.15, -0.1) is 0 Å². The van der Waals surface area contributed by atoms with E-state index in [1.807, 2.05) is 7.05 Å². The fraction of sp³-hybridized carbons (Fsp3) is 0.917. The highest BCUT2D eigenvalue weighted by atomic mass is 19.1. The molecule has 1 aliphatic heterocycles. The third-order valence-corrected chi connectivity index (χ3v) is 4.20. The SMILES string of the molecule is CN1CCCC(C2(C(=O)O)CC(C)(F)C2)C1. The van der Waals surface area contributed by atoms with Crippen molar-refractivity contribution in [3.8, 4) is 0 Å². The second-order valence-electron chi connectivity index (χ2n) is 5.83. The van der Waals surface area contributed by atoms with Gasteiger partial charge in [0.15, 0.2) is 0 Å². The summed E-state index contributed by atoms with van der Waals surface area (Å²) in [4.78, 5) is 13.6. The quantitative estimate of drug-likeness (QED) is 0.786. The van der Waals surface area contributed by atoms with E-state index in [9.17, 15) is 14.3 Å². The van der Waals surface area contributed by atoms with E-state index < -0.39 is 17.1 Å². The van der Waals surface area contributed by atoms with E-state index in [2.05, 4.69) is 4.90 Å². The average molecular weight is 229 g/mol. The second-order valence-corrected chi connectivity index (χ2v) is 5.83. The minimum Gasteiger partial charge on any atom is -0.481 e. The number of hydrogen-bond acceptors (Lipinski definition) is 2. The molecule has 0 spiro atoms. The van der Waals surface area contributed by atoms with Crippen molar-refractivity contribution in [3.05, 3.63) is 0 Å². The molecule has 2 rings (SSSR count). The van der Waals surface area contributed by atoms with Gasteiger partial charge in [0.2, 0.25) is 0 Å². The number of carboxylic acids is 1. The first-order valence-corrected chi connectivity index (χ1v) is 5.97. The molecule has 1 heterocycles. The predicted octanol–water partition coefficient (Wildman–Crippen LogP) is 1.92. The lowest BCUT2D eigenvalue weighted by atomic mass is 9.53. The zero-order chi connectivity index (χ0) is 12.0. The third-order valence-electron chi connectivity index (χ3n) is 4.20. The Hall–Kier alpha value is -0.640. The molecule has 1 aliphatic carbocycles. The Balaban J connectivity index is 2.12. The van der Waals surface area contributed by atoms with Crippen molar-refractivity contribution >= 4 is 5.97 Å². The molecule has 2 fully saturated rings. The fourth-order valence-electron chi connectivity index (χ4n) is 3.50. The van der Waals surface area contributed by atoms with Crippen LogP contribution in [0.3, 0.4) is 0 Å². The van der Waals surface area contributed by atoms with Gasteiger partial charge in [-0.05, 0) is 52.1 Å². The van der Waals surface area contributed by atoms with E-state index in [0.717, 1.165) is 25.9 Å². The zero-order valence-electron chi connectivity index (χ0n) is 10.0. The van der Waals surface area contributed by atoms with Crippen LogP contribution in [0, 0.1) is 11.3 Å². The summed E-state index contributed by atoms with van der Waals surface area (Å²) in [6.07, 6.45) is 2.33. The molecule has 0 radical (unpaired) electrons. The van der Waals surface area contributed by atoms with Crippen LogP contribution in [0.2, 0.25) is 0 Å². The largest absolute Gasteiger partial charge is 0.481 e. The maximum atomic E-state index is 13.6. The number of carbonyl (C=O) groups is 1. The van der Waals surface area contributed by atoms with Gasteiger partial charge in [-0.3, -0.25) is 4.79 Å². The lowest BCUT2D eigenvalue weighted by Crippen LogP contribution is -2.58. The van der Waals surface area contributed by atoms with E-state index in [1.54, 1.807) is 0 Å². The normalized spacial score (nSPS) is 45.1. The Morgan fingerprint density at radius 2 is 2.12 bits per heavy atom. The minimum absolute atomic E-state index is 0.118.